The molecule has 0 bridgehead atoms. The Labute approximate surface area is 131 Å². The van der Waals surface area contributed by atoms with Gasteiger partial charge in [0.15, 0.2) is 0 Å². The Hall–Kier alpha value is -1.65. The Morgan fingerprint density at radius 1 is 1.50 bits per heavy atom. The van der Waals surface area contributed by atoms with E-state index in [4.69, 9.17) is 14.7 Å². The molecule has 0 saturated carbocycles. The summed E-state index contributed by atoms with van der Waals surface area (Å²) in [7, 11) is 2.08. The predicted molar refractivity (Wildman–Crippen MR) is 82.8 cm³/mol. The molecule has 1 aromatic carbocycles. The van der Waals surface area contributed by atoms with Crippen molar-refractivity contribution in [2.75, 3.05) is 46.4 Å². The highest BCUT2D eigenvalue weighted by atomic mass is 16.5. The van der Waals surface area contributed by atoms with Gasteiger partial charge in [-0.15, -0.1) is 0 Å². The topological polar surface area (TPSA) is 77.8 Å². The van der Waals surface area contributed by atoms with Crippen LogP contribution in [0.15, 0.2) is 24.3 Å². The second kappa shape index (κ2) is 8.71. The number of nitrogens with zero attached hydrogens (tertiary/aromatic N) is 2. The Balaban J connectivity index is 1.61. The quantitative estimate of drug-likeness (QED) is 0.750. The molecular weight excluding hydrogens is 282 g/mol. The number of rotatable bonds is 7. The van der Waals surface area contributed by atoms with E-state index in [2.05, 4.69) is 23.3 Å². The minimum absolute atomic E-state index is 0.172. The van der Waals surface area contributed by atoms with E-state index in [1.54, 1.807) is 24.3 Å². The summed E-state index contributed by atoms with van der Waals surface area (Å²) in [6, 6.07) is 8.89. The maximum atomic E-state index is 9.90. The van der Waals surface area contributed by atoms with Gasteiger partial charge < -0.3 is 24.8 Å². The van der Waals surface area contributed by atoms with E-state index in [1.807, 2.05) is 0 Å². The fraction of sp³-hybridized carbons (Fsp3) is 0.562. The van der Waals surface area contributed by atoms with Gasteiger partial charge in [0.05, 0.1) is 24.3 Å². The van der Waals surface area contributed by atoms with Gasteiger partial charge in [-0.2, -0.15) is 5.26 Å². The lowest BCUT2D eigenvalue weighted by molar-refractivity contribution is -0.0196. The van der Waals surface area contributed by atoms with Crippen molar-refractivity contribution < 1.29 is 14.6 Å². The van der Waals surface area contributed by atoms with Gasteiger partial charge in [0.1, 0.15) is 18.5 Å². The first-order valence-corrected chi connectivity index (χ1v) is 7.49. The van der Waals surface area contributed by atoms with Gasteiger partial charge in [-0.25, -0.2) is 0 Å². The highest BCUT2D eigenvalue weighted by Crippen LogP contribution is 2.11. The van der Waals surface area contributed by atoms with Crippen LogP contribution in [-0.4, -0.2) is 68.7 Å². The third-order valence-electron chi connectivity index (χ3n) is 3.52. The molecule has 0 amide bonds. The largest absolute Gasteiger partial charge is 0.491 e. The van der Waals surface area contributed by atoms with Crippen molar-refractivity contribution in [3.8, 4) is 11.8 Å². The first-order valence-electron chi connectivity index (χ1n) is 7.49. The smallest absolute Gasteiger partial charge is 0.119 e. The van der Waals surface area contributed by atoms with E-state index < -0.39 is 6.10 Å². The van der Waals surface area contributed by atoms with Gasteiger partial charge in [0.25, 0.3) is 0 Å². The summed E-state index contributed by atoms with van der Waals surface area (Å²) in [5, 5.41) is 21.8. The number of hydrogen-bond acceptors (Lipinski definition) is 6. The van der Waals surface area contributed by atoms with Crippen molar-refractivity contribution in [1.82, 2.24) is 10.2 Å². The molecular formula is C16H23N3O3. The molecule has 1 aliphatic heterocycles. The summed E-state index contributed by atoms with van der Waals surface area (Å²) < 4.78 is 11.1. The summed E-state index contributed by atoms with van der Waals surface area (Å²) >= 11 is 0. The number of aliphatic hydroxyl groups excluding tert-OH is 1. The number of likely N-dealkylation sites (N-methyl/N-ethyl adjacent to an activating group) is 1. The summed E-state index contributed by atoms with van der Waals surface area (Å²) in [5.41, 5.74) is 0.590. The average Bonchev–Trinajstić information content (AvgIpc) is 2.53. The van der Waals surface area contributed by atoms with Crippen molar-refractivity contribution in [1.29, 1.82) is 5.26 Å². The zero-order valence-corrected chi connectivity index (χ0v) is 12.9. The predicted octanol–water partition coefficient (Wildman–Crippen LogP) is 0.218. The van der Waals surface area contributed by atoms with Crippen molar-refractivity contribution in [3.63, 3.8) is 0 Å². The summed E-state index contributed by atoms with van der Waals surface area (Å²) in [6.07, 6.45) is -0.414. The van der Waals surface area contributed by atoms with Gasteiger partial charge in [-0.1, -0.05) is 0 Å². The molecule has 120 valence electrons. The molecule has 0 spiro atoms. The number of hydrogen-bond donors (Lipinski definition) is 2. The number of benzene rings is 1. The van der Waals surface area contributed by atoms with Gasteiger partial charge in [0.2, 0.25) is 0 Å². The lowest BCUT2D eigenvalue weighted by atomic mass is 10.2. The molecule has 1 aliphatic rings. The molecule has 0 unspecified atom stereocenters. The highest BCUT2D eigenvalue weighted by Gasteiger charge is 2.17. The number of morpholine rings is 1. The van der Waals surface area contributed by atoms with Crippen molar-refractivity contribution in [2.24, 2.45) is 0 Å². The molecule has 6 nitrogen and oxygen atoms in total. The van der Waals surface area contributed by atoms with Crippen LogP contribution in [0.4, 0.5) is 0 Å². The zero-order chi connectivity index (χ0) is 15.8. The van der Waals surface area contributed by atoms with Crippen LogP contribution in [0, 0.1) is 11.3 Å². The fourth-order valence-electron chi connectivity index (χ4n) is 2.28. The van der Waals surface area contributed by atoms with Crippen molar-refractivity contribution in [2.45, 2.75) is 12.2 Å². The minimum atomic E-state index is -0.586. The van der Waals surface area contributed by atoms with E-state index >= 15 is 0 Å². The second-order valence-corrected chi connectivity index (χ2v) is 5.51. The van der Waals surface area contributed by atoms with Gasteiger partial charge in [-0.3, -0.25) is 0 Å². The molecule has 22 heavy (non-hydrogen) atoms. The molecule has 2 rings (SSSR count). The van der Waals surface area contributed by atoms with E-state index in [-0.39, 0.29) is 12.7 Å². The van der Waals surface area contributed by atoms with Crippen LogP contribution >= 0.6 is 0 Å². The standard InChI is InChI=1S/C16H23N3O3/c1-19-6-7-21-16(11-19)10-18-9-14(20)12-22-15-4-2-13(8-17)3-5-15/h2-5,14,16,18,20H,6-7,9-12H2,1H3/t14-,16-/m0/s1. The summed E-state index contributed by atoms with van der Waals surface area (Å²) in [4.78, 5) is 2.24. The summed E-state index contributed by atoms with van der Waals surface area (Å²) in [6.45, 7) is 4.03. The molecule has 1 heterocycles. The number of nitrogens with one attached hydrogen (secondary N) is 1. The minimum Gasteiger partial charge on any atom is -0.491 e. The Morgan fingerprint density at radius 2 is 2.27 bits per heavy atom. The molecule has 0 aromatic heterocycles. The van der Waals surface area contributed by atoms with Gasteiger partial charge >= 0.3 is 0 Å². The summed E-state index contributed by atoms with van der Waals surface area (Å²) in [5.74, 6) is 0.648. The van der Waals surface area contributed by atoms with Crippen molar-refractivity contribution in [3.05, 3.63) is 29.8 Å². The molecule has 0 radical (unpaired) electrons. The molecule has 1 fully saturated rings. The van der Waals surface area contributed by atoms with Gasteiger partial charge in [0, 0.05) is 26.2 Å². The lowest BCUT2D eigenvalue weighted by Crippen LogP contribution is -2.46. The van der Waals surface area contributed by atoms with Crippen LogP contribution in [0.25, 0.3) is 0 Å². The zero-order valence-electron chi connectivity index (χ0n) is 12.9. The SMILES string of the molecule is CN1CCO[C@@H](CNC[C@H](O)COc2ccc(C#N)cc2)C1. The van der Waals surface area contributed by atoms with Crippen LogP contribution in [0.2, 0.25) is 0 Å². The molecule has 6 heteroatoms. The van der Waals surface area contributed by atoms with E-state index in [0.717, 1.165) is 26.2 Å². The van der Waals surface area contributed by atoms with Crippen LogP contribution < -0.4 is 10.1 Å². The first kappa shape index (κ1) is 16.7. The lowest BCUT2D eigenvalue weighted by Gasteiger charge is -2.30. The molecule has 2 N–H and O–H groups in total. The van der Waals surface area contributed by atoms with Crippen LogP contribution in [0.3, 0.4) is 0 Å². The monoisotopic (exact) mass is 305 g/mol. The Kier molecular flexibility index (Phi) is 6.62. The molecule has 1 aromatic rings. The van der Waals surface area contributed by atoms with Crippen LogP contribution in [0.1, 0.15) is 5.56 Å². The van der Waals surface area contributed by atoms with E-state index in [1.165, 1.54) is 0 Å². The number of aliphatic hydroxyl groups is 1. The van der Waals surface area contributed by atoms with Crippen LogP contribution in [-0.2, 0) is 4.74 Å². The van der Waals surface area contributed by atoms with Gasteiger partial charge in [-0.05, 0) is 31.3 Å². The third-order valence-corrected chi connectivity index (χ3v) is 3.52. The van der Waals surface area contributed by atoms with E-state index in [0.29, 0.717) is 17.9 Å². The third kappa shape index (κ3) is 5.62. The maximum Gasteiger partial charge on any atom is 0.119 e. The number of ether oxygens (including phenoxy) is 2. The Morgan fingerprint density at radius 3 is 2.95 bits per heavy atom. The van der Waals surface area contributed by atoms with E-state index in [9.17, 15) is 5.11 Å². The average molecular weight is 305 g/mol. The molecule has 2 atom stereocenters. The first-order chi connectivity index (χ1) is 10.7. The second-order valence-electron chi connectivity index (χ2n) is 5.51. The molecule has 1 saturated heterocycles. The highest BCUT2D eigenvalue weighted by molar-refractivity contribution is 5.34. The Bertz CT molecular complexity index is 486. The van der Waals surface area contributed by atoms with Crippen LogP contribution in [0.5, 0.6) is 5.75 Å². The molecule has 0 aliphatic carbocycles. The normalized spacial score (nSPS) is 20.3. The number of nitriles is 1. The fourth-order valence-corrected chi connectivity index (χ4v) is 2.28. The van der Waals surface area contributed by atoms with Crippen molar-refractivity contribution >= 4 is 0 Å². The maximum absolute atomic E-state index is 9.90.